The van der Waals surface area contributed by atoms with Crippen LogP contribution in [0, 0.1) is 22.7 Å². The van der Waals surface area contributed by atoms with E-state index in [0.29, 0.717) is 47.0 Å². The number of hydrogen-bond donors (Lipinski definition) is 2. The number of carbonyl (C=O) groups is 3. The van der Waals surface area contributed by atoms with Crippen LogP contribution in [0.2, 0.25) is 0 Å². The minimum atomic E-state index is -3.66. The van der Waals surface area contributed by atoms with Crippen molar-refractivity contribution >= 4 is 86.1 Å². The number of aliphatic imine (C=N–C) groups is 1. The number of alkyl halides is 1. The number of anilines is 3. The fourth-order valence-corrected chi connectivity index (χ4v) is 11.1. The van der Waals surface area contributed by atoms with Gasteiger partial charge in [-0.15, -0.1) is 0 Å². The number of halogens is 1. The first-order valence-electron chi connectivity index (χ1n) is 21.8. The van der Waals surface area contributed by atoms with Crippen molar-refractivity contribution in [2.75, 3.05) is 66.4 Å². The Hall–Kier alpha value is -8.09. The molecule has 0 saturated carbocycles. The number of carbonyl (C=O) groups excluding carboxylic acids is 3. The van der Waals surface area contributed by atoms with Gasteiger partial charge in [-0.2, -0.15) is 10.5 Å². The minimum Gasteiger partial charge on any atom is -0.482 e. The second kappa shape index (κ2) is 23.4. The topological polar surface area (TPSA) is 272 Å². The molecule has 0 aromatic heterocycles. The maximum Gasteiger partial charge on any atom is 0.265 e. The van der Waals surface area contributed by atoms with Crippen molar-refractivity contribution in [2.24, 2.45) is 4.99 Å². The molecule has 6 aromatic rings. The second-order valence-corrected chi connectivity index (χ2v) is 21.9. The molecule has 0 saturated heterocycles. The van der Waals surface area contributed by atoms with Gasteiger partial charge in [0.1, 0.15) is 29.6 Å². The van der Waals surface area contributed by atoms with Crippen LogP contribution >= 0.6 is 15.9 Å². The Labute approximate surface area is 429 Å². The number of nitriles is 2. The van der Waals surface area contributed by atoms with Crippen LogP contribution in [0.3, 0.4) is 0 Å². The summed E-state index contributed by atoms with van der Waals surface area (Å²) in [6.45, 7) is 1.20. The molecule has 0 fully saturated rings. The zero-order valence-electron chi connectivity index (χ0n) is 38.3. The Morgan fingerprint density at radius 2 is 0.973 bits per heavy atom. The lowest BCUT2D eigenvalue weighted by molar-refractivity contribution is -0.121. The minimum absolute atomic E-state index is 0.0775. The predicted molar refractivity (Wildman–Crippen MR) is 270 cm³/mol. The van der Waals surface area contributed by atoms with E-state index in [0.717, 1.165) is 12.4 Å². The van der Waals surface area contributed by atoms with Crippen molar-refractivity contribution < 1.29 is 53.8 Å². The summed E-state index contributed by atoms with van der Waals surface area (Å²) in [5.41, 5.74) is 1.42. The largest absolute Gasteiger partial charge is 0.482 e. The number of rotatable bonds is 9. The molecule has 0 atom stereocenters. The summed E-state index contributed by atoms with van der Waals surface area (Å²) < 4.78 is 91.7. The van der Waals surface area contributed by atoms with Gasteiger partial charge in [0.2, 0.25) is 29.5 Å². The number of fused-ring (bicyclic) bond motifs is 3. The molecule has 3 amide bonds. The molecule has 374 valence electrons. The van der Waals surface area contributed by atoms with Crippen LogP contribution in [0.4, 0.5) is 17.1 Å². The van der Waals surface area contributed by atoms with Gasteiger partial charge in [-0.3, -0.25) is 29.2 Å². The third-order valence-electron chi connectivity index (χ3n) is 10.8. The van der Waals surface area contributed by atoms with Crippen LogP contribution < -0.4 is 34.6 Å². The van der Waals surface area contributed by atoms with Crippen molar-refractivity contribution in [1.82, 2.24) is 5.32 Å². The average Bonchev–Trinajstić information content (AvgIpc) is 3.94. The van der Waals surface area contributed by atoms with E-state index in [1.165, 1.54) is 77.7 Å². The number of nitrogens with zero attached hydrogens (tertiary/aromatic N) is 5. The highest BCUT2D eigenvalue weighted by Crippen LogP contribution is 2.37. The van der Waals surface area contributed by atoms with E-state index in [1.807, 2.05) is 12.1 Å². The van der Waals surface area contributed by atoms with Crippen LogP contribution in [0.1, 0.15) is 0 Å². The van der Waals surface area contributed by atoms with Crippen molar-refractivity contribution in [2.45, 2.75) is 29.4 Å². The predicted octanol–water partition coefficient (Wildman–Crippen LogP) is 5.77. The van der Waals surface area contributed by atoms with Gasteiger partial charge < -0.3 is 24.8 Å². The van der Waals surface area contributed by atoms with E-state index in [-0.39, 0.29) is 79.2 Å². The summed E-state index contributed by atoms with van der Waals surface area (Å²) in [6.07, 6.45) is 0. The first kappa shape index (κ1) is 52.7. The van der Waals surface area contributed by atoms with E-state index in [4.69, 9.17) is 24.7 Å². The first-order chi connectivity index (χ1) is 35.1. The SMILES string of the molecule is N#CCBr.N#CCN1C(=O)COc2cc(S(=O)(=O)c3ccccc3)ccc21.O=C1COc2cc(S(=O)(=O)c3ccccc3)ccc2N1.O=C1COc2cc(S(=O)(=O)c3ccccc3)ccc2N1CC1=NCCN1. The molecule has 0 unspecified atom stereocenters. The molecule has 4 aliphatic heterocycles. The Balaban J connectivity index is 0.000000156. The number of hydrogen-bond acceptors (Lipinski definition) is 16. The standard InChI is InChI=1S/C18H17N3O4S.C16H12N2O4S.C14H11NO4S.C2H2BrN/c22-18-12-25-16-10-14(26(23,24)13-4-2-1-3-5-13)6-7-15(16)21(18)11-17-19-8-9-20-17;17-8-9-18-14-7-6-13(10-15(14)22-11-16(18)19)23(20,21)12-4-2-1-3-5-12;16-14-9-19-13-8-11(6-7-12(13)15-14)20(17,18)10-4-2-1-3-5-10;3-1-2-4/h1-7,10H,8-9,11-12H2,(H,19,20);1-7,10H,9,11H2;1-8H,9H2,(H,15,16);1H2. The Bertz CT molecular complexity index is 3500. The summed E-state index contributed by atoms with van der Waals surface area (Å²) in [5, 5.41) is 22.6. The zero-order chi connectivity index (χ0) is 52.2. The average molecular weight is 1110 g/mol. The molecule has 10 rings (SSSR count). The summed E-state index contributed by atoms with van der Waals surface area (Å²) in [7, 11) is -10.9. The van der Waals surface area contributed by atoms with Gasteiger partial charge in [0.15, 0.2) is 19.8 Å². The van der Waals surface area contributed by atoms with Crippen molar-refractivity contribution in [1.29, 1.82) is 10.5 Å². The third kappa shape index (κ3) is 12.3. The van der Waals surface area contributed by atoms with Gasteiger partial charge in [0.25, 0.3) is 17.7 Å². The van der Waals surface area contributed by atoms with Crippen molar-refractivity contribution in [3.63, 3.8) is 0 Å². The molecule has 0 aliphatic carbocycles. The molecular formula is C50H42BrN7O12S3. The molecule has 2 N–H and O–H groups in total. The lowest BCUT2D eigenvalue weighted by atomic mass is 10.2. The fraction of sp³-hybridized carbons (Fsp3) is 0.160. The molecule has 4 aliphatic rings. The molecule has 4 heterocycles. The van der Waals surface area contributed by atoms with Crippen LogP contribution in [-0.2, 0) is 43.9 Å². The van der Waals surface area contributed by atoms with Crippen LogP contribution in [-0.4, -0.2) is 100 Å². The molecule has 6 aromatic carbocycles. The molecule has 73 heavy (non-hydrogen) atoms. The zero-order valence-corrected chi connectivity index (χ0v) is 42.3. The van der Waals surface area contributed by atoms with Crippen molar-refractivity contribution in [3.8, 4) is 29.4 Å². The van der Waals surface area contributed by atoms with E-state index < -0.39 is 29.5 Å². The molecular weight excluding hydrogens is 1070 g/mol. The van der Waals surface area contributed by atoms with Gasteiger partial charge in [-0.1, -0.05) is 70.5 Å². The van der Waals surface area contributed by atoms with E-state index >= 15 is 0 Å². The first-order valence-corrected chi connectivity index (χ1v) is 27.3. The quantitative estimate of drug-likeness (QED) is 0.128. The van der Waals surface area contributed by atoms with Crippen LogP contribution in [0.5, 0.6) is 17.2 Å². The summed E-state index contributed by atoms with van der Waals surface area (Å²) in [5.74, 6) is 0.979. The number of amidine groups is 1. The van der Waals surface area contributed by atoms with E-state index in [9.17, 15) is 39.6 Å². The Morgan fingerprint density at radius 1 is 0.548 bits per heavy atom. The molecule has 19 nitrogen and oxygen atoms in total. The maximum atomic E-state index is 12.8. The number of ether oxygens (including phenoxy) is 3. The monoisotopic (exact) mass is 1110 g/mol. The number of nitrogens with one attached hydrogen (secondary N) is 2. The van der Waals surface area contributed by atoms with Gasteiger partial charge in [-0.25, -0.2) is 25.3 Å². The lowest BCUT2D eigenvalue weighted by Crippen LogP contribution is -2.44. The molecule has 0 spiro atoms. The lowest BCUT2D eigenvalue weighted by Gasteiger charge is -2.29. The van der Waals surface area contributed by atoms with Crippen LogP contribution in [0.15, 0.2) is 180 Å². The molecule has 0 bridgehead atoms. The molecule has 0 radical (unpaired) electrons. The van der Waals surface area contributed by atoms with Gasteiger partial charge in [-0.05, 0) is 72.8 Å². The smallest absolute Gasteiger partial charge is 0.265 e. The van der Waals surface area contributed by atoms with Gasteiger partial charge >= 0.3 is 0 Å². The maximum absolute atomic E-state index is 12.8. The highest BCUT2D eigenvalue weighted by molar-refractivity contribution is 9.09. The number of amides is 3. The fourth-order valence-electron chi connectivity index (χ4n) is 7.25. The van der Waals surface area contributed by atoms with Crippen LogP contribution in [0.25, 0.3) is 0 Å². The Kier molecular flexibility index (Phi) is 16.9. The normalized spacial score (nSPS) is 14.4. The van der Waals surface area contributed by atoms with Gasteiger partial charge in [0.05, 0.1) is 77.0 Å². The summed E-state index contributed by atoms with van der Waals surface area (Å²) in [4.78, 5) is 43.3. The number of sulfone groups is 3. The third-order valence-corrected chi connectivity index (χ3v) is 16.3. The Morgan fingerprint density at radius 3 is 1.41 bits per heavy atom. The molecule has 23 heteroatoms. The highest BCUT2D eigenvalue weighted by atomic mass is 79.9. The highest BCUT2D eigenvalue weighted by Gasteiger charge is 2.31. The number of benzene rings is 6. The van der Waals surface area contributed by atoms with Gasteiger partial charge in [0, 0.05) is 24.7 Å². The van der Waals surface area contributed by atoms with E-state index in [1.54, 1.807) is 77.7 Å². The van der Waals surface area contributed by atoms with Crippen molar-refractivity contribution in [3.05, 3.63) is 146 Å². The summed E-state index contributed by atoms with van der Waals surface area (Å²) >= 11 is 2.89. The summed E-state index contributed by atoms with van der Waals surface area (Å²) in [6, 6.07) is 41.5. The second-order valence-electron chi connectivity index (χ2n) is 15.4. The van der Waals surface area contributed by atoms with E-state index in [2.05, 4.69) is 31.6 Å².